The highest BCUT2D eigenvalue weighted by atomic mass is 16.5. The molecular formula is C11H13NO3. The Kier molecular flexibility index (Phi) is 4.50. The van der Waals surface area contributed by atoms with Gasteiger partial charge in [-0.05, 0) is 12.1 Å². The topological polar surface area (TPSA) is 55.4 Å². The van der Waals surface area contributed by atoms with E-state index in [0.717, 1.165) is 6.29 Å². The molecule has 1 aromatic carbocycles. The Bertz CT molecular complexity index is 332. The van der Waals surface area contributed by atoms with Crippen molar-refractivity contribution < 1.29 is 14.3 Å². The first-order chi connectivity index (χ1) is 7.27. The third kappa shape index (κ3) is 3.52. The van der Waals surface area contributed by atoms with Crippen LogP contribution in [0.5, 0.6) is 0 Å². The van der Waals surface area contributed by atoms with E-state index in [1.165, 1.54) is 0 Å². The van der Waals surface area contributed by atoms with Gasteiger partial charge < -0.3 is 10.1 Å². The Morgan fingerprint density at radius 2 is 2.07 bits per heavy atom. The monoisotopic (exact) mass is 207 g/mol. The molecule has 0 fully saturated rings. The van der Waals surface area contributed by atoms with Gasteiger partial charge in [0, 0.05) is 24.8 Å². The molecule has 0 aromatic heterocycles. The number of carbonyl (C=O) groups excluding carboxylic acids is 2. The molecule has 1 aromatic rings. The second kappa shape index (κ2) is 5.93. The van der Waals surface area contributed by atoms with Gasteiger partial charge >= 0.3 is 0 Å². The Balaban J connectivity index is 2.54. The molecule has 0 atom stereocenters. The van der Waals surface area contributed by atoms with Crippen LogP contribution in [0.4, 0.5) is 0 Å². The van der Waals surface area contributed by atoms with E-state index in [4.69, 9.17) is 4.74 Å². The molecule has 0 aliphatic heterocycles. The minimum absolute atomic E-state index is 0.163. The van der Waals surface area contributed by atoms with Gasteiger partial charge in [0.1, 0.15) is 6.29 Å². The lowest BCUT2D eigenvalue weighted by Gasteiger charge is -2.04. The van der Waals surface area contributed by atoms with Crippen LogP contribution in [0.2, 0.25) is 0 Å². The van der Waals surface area contributed by atoms with E-state index in [2.05, 4.69) is 5.32 Å². The van der Waals surface area contributed by atoms with Crippen LogP contribution in [0.15, 0.2) is 24.3 Å². The minimum atomic E-state index is -0.163. The second-order valence-corrected chi connectivity index (χ2v) is 2.99. The van der Waals surface area contributed by atoms with Crippen LogP contribution >= 0.6 is 0 Å². The van der Waals surface area contributed by atoms with Crippen molar-refractivity contribution in [1.29, 1.82) is 0 Å². The van der Waals surface area contributed by atoms with Crippen molar-refractivity contribution in [2.24, 2.45) is 0 Å². The maximum absolute atomic E-state index is 11.5. The average Bonchev–Trinajstić information content (AvgIpc) is 2.29. The summed E-state index contributed by atoms with van der Waals surface area (Å²) in [5.41, 5.74) is 1.10. The number of benzene rings is 1. The van der Waals surface area contributed by atoms with Crippen LogP contribution in [0.1, 0.15) is 20.7 Å². The van der Waals surface area contributed by atoms with Gasteiger partial charge in [0.25, 0.3) is 5.91 Å². The lowest BCUT2D eigenvalue weighted by molar-refractivity contribution is 0.0936. The predicted octanol–water partition coefficient (Wildman–Crippen LogP) is 0.875. The van der Waals surface area contributed by atoms with Crippen molar-refractivity contribution >= 4 is 12.2 Å². The zero-order chi connectivity index (χ0) is 11.1. The van der Waals surface area contributed by atoms with Gasteiger partial charge in [-0.1, -0.05) is 12.1 Å². The summed E-state index contributed by atoms with van der Waals surface area (Å²) in [4.78, 5) is 21.8. The number of amides is 1. The van der Waals surface area contributed by atoms with Crippen molar-refractivity contribution in [2.45, 2.75) is 0 Å². The van der Waals surface area contributed by atoms with Crippen molar-refractivity contribution in [2.75, 3.05) is 20.3 Å². The third-order valence-corrected chi connectivity index (χ3v) is 1.90. The zero-order valence-corrected chi connectivity index (χ0v) is 8.53. The number of nitrogens with one attached hydrogen (secondary N) is 1. The molecule has 4 heteroatoms. The van der Waals surface area contributed by atoms with Crippen LogP contribution in [-0.4, -0.2) is 32.5 Å². The molecule has 0 saturated heterocycles. The van der Waals surface area contributed by atoms with Gasteiger partial charge in [0.15, 0.2) is 0 Å². The number of rotatable bonds is 5. The maximum atomic E-state index is 11.5. The highest BCUT2D eigenvalue weighted by Gasteiger charge is 2.03. The van der Waals surface area contributed by atoms with Crippen LogP contribution < -0.4 is 5.32 Å². The van der Waals surface area contributed by atoms with Crippen molar-refractivity contribution in [3.05, 3.63) is 35.4 Å². The van der Waals surface area contributed by atoms with E-state index < -0.39 is 0 Å². The molecule has 0 aliphatic carbocycles. The fourth-order valence-corrected chi connectivity index (χ4v) is 1.08. The molecule has 0 radical (unpaired) electrons. The largest absolute Gasteiger partial charge is 0.383 e. The van der Waals surface area contributed by atoms with E-state index in [-0.39, 0.29) is 5.91 Å². The predicted molar refractivity (Wildman–Crippen MR) is 56.0 cm³/mol. The van der Waals surface area contributed by atoms with Gasteiger partial charge in [-0.25, -0.2) is 0 Å². The highest BCUT2D eigenvalue weighted by molar-refractivity contribution is 5.94. The van der Waals surface area contributed by atoms with E-state index in [9.17, 15) is 9.59 Å². The molecular weight excluding hydrogens is 194 g/mol. The Morgan fingerprint density at radius 1 is 1.40 bits per heavy atom. The molecule has 1 amide bonds. The van der Waals surface area contributed by atoms with Crippen molar-refractivity contribution in [1.82, 2.24) is 5.32 Å². The van der Waals surface area contributed by atoms with Gasteiger partial charge in [0.05, 0.1) is 6.61 Å². The Labute approximate surface area is 88.2 Å². The van der Waals surface area contributed by atoms with Gasteiger partial charge in [-0.3, -0.25) is 9.59 Å². The van der Waals surface area contributed by atoms with E-state index in [0.29, 0.717) is 24.3 Å². The summed E-state index contributed by atoms with van der Waals surface area (Å²) >= 11 is 0. The van der Waals surface area contributed by atoms with Crippen LogP contribution in [0.25, 0.3) is 0 Å². The lowest BCUT2D eigenvalue weighted by atomic mass is 10.1. The van der Waals surface area contributed by atoms with E-state index >= 15 is 0 Å². The summed E-state index contributed by atoms with van der Waals surface area (Å²) in [6.07, 6.45) is 0.743. The quantitative estimate of drug-likeness (QED) is 0.576. The number of hydrogen-bond acceptors (Lipinski definition) is 3. The molecule has 4 nitrogen and oxygen atoms in total. The second-order valence-electron chi connectivity index (χ2n) is 2.99. The SMILES string of the molecule is COCCNC(=O)c1ccc(C=O)cc1. The van der Waals surface area contributed by atoms with Crippen molar-refractivity contribution in [3.63, 3.8) is 0 Å². The standard InChI is InChI=1S/C11H13NO3/c1-15-7-6-12-11(14)10-4-2-9(8-13)3-5-10/h2-5,8H,6-7H2,1H3,(H,12,14). The molecule has 0 aliphatic rings. The maximum Gasteiger partial charge on any atom is 0.251 e. The summed E-state index contributed by atoms with van der Waals surface area (Å²) in [5, 5.41) is 2.69. The number of methoxy groups -OCH3 is 1. The molecule has 80 valence electrons. The first kappa shape index (κ1) is 11.4. The molecule has 0 unspecified atom stereocenters. The summed E-state index contributed by atoms with van der Waals surface area (Å²) in [7, 11) is 1.57. The number of ether oxygens (including phenoxy) is 1. The van der Waals surface area contributed by atoms with Crippen LogP contribution in [0.3, 0.4) is 0 Å². The number of aldehydes is 1. The molecule has 15 heavy (non-hydrogen) atoms. The van der Waals surface area contributed by atoms with Gasteiger partial charge in [-0.15, -0.1) is 0 Å². The average molecular weight is 207 g/mol. The third-order valence-electron chi connectivity index (χ3n) is 1.90. The fraction of sp³-hybridized carbons (Fsp3) is 0.273. The smallest absolute Gasteiger partial charge is 0.251 e. The first-order valence-electron chi connectivity index (χ1n) is 4.60. The molecule has 0 spiro atoms. The zero-order valence-electron chi connectivity index (χ0n) is 8.53. The summed E-state index contributed by atoms with van der Waals surface area (Å²) in [6, 6.07) is 6.45. The van der Waals surface area contributed by atoms with Gasteiger partial charge in [-0.2, -0.15) is 0 Å². The molecule has 0 saturated carbocycles. The normalized spacial score (nSPS) is 9.67. The minimum Gasteiger partial charge on any atom is -0.383 e. The highest BCUT2D eigenvalue weighted by Crippen LogP contribution is 2.01. The molecule has 1 rings (SSSR count). The first-order valence-corrected chi connectivity index (χ1v) is 4.60. The Morgan fingerprint density at radius 3 is 2.60 bits per heavy atom. The van der Waals surface area contributed by atoms with Crippen molar-refractivity contribution in [3.8, 4) is 0 Å². The molecule has 1 N–H and O–H groups in total. The lowest BCUT2D eigenvalue weighted by Crippen LogP contribution is -2.26. The summed E-state index contributed by atoms with van der Waals surface area (Å²) in [5.74, 6) is -0.163. The summed E-state index contributed by atoms with van der Waals surface area (Å²) in [6.45, 7) is 0.961. The fourth-order valence-electron chi connectivity index (χ4n) is 1.08. The number of carbonyl (C=O) groups is 2. The molecule has 0 bridgehead atoms. The molecule has 0 heterocycles. The van der Waals surface area contributed by atoms with Gasteiger partial charge in [0.2, 0.25) is 0 Å². The summed E-state index contributed by atoms with van der Waals surface area (Å²) < 4.78 is 4.80. The van der Waals surface area contributed by atoms with Crippen LogP contribution in [0, 0.1) is 0 Å². The Hall–Kier alpha value is -1.68. The van der Waals surface area contributed by atoms with E-state index in [1.54, 1.807) is 31.4 Å². The van der Waals surface area contributed by atoms with E-state index in [1.807, 2.05) is 0 Å². The number of hydrogen-bond donors (Lipinski definition) is 1. The van der Waals surface area contributed by atoms with Crippen LogP contribution in [-0.2, 0) is 4.74 Å².